The second-order valence-electron chi connectivity index (χ2n) is 4.61. The van der Waals surface area contributed by atoms with Crippen LogP contribution in [0.1, 0.15) is 24.8 Å². The van der Waals surface area contributed by atoms with Gasteiger partial charge in [-0.05, 0) is 25.3 Å². The van der Waals surface area contributed by atoms with Crippen LogP contribution in [0.2, 0.25) is 0 Å². The zero-order valence-electron chi connectivity index (χ0n) is 10.7. The fourth-order valence-corrected chi connectivity index (χ4v) is 2.58. The lowest BCUT2D eigenvalue weighted by Crippen LogP contribution is -2.49. The summed E-state index contributed by atoms with van der Waals surface area (Å²) in [6.07, 6.45) is 3.04. The number of hydrogen-bond acceptors (Lipinski definition) is 3. The molecule has 1 saturated heterocycles. The number of nitrogens with zero attached hydrogens (tertiary/aromatic N) is 1. The molecule has 1 heterocycles. The van der Waals surface area contributed by atoms with E-state index in [2.05, 4.69) is 10.2 Å². The van der Waals surface area contributed by atoms with E-state index in [0.29, 0.717) is 0 Å². The lowest BCUT2D eigenvalue weighted by atomic mass is 9.99. The van der Waals surface area contributed by atoms with Gasteiger partial charge in [-0.2, -0.15) is 0 Å². The molecule has 0 saturated carbocycles. The van der Waals surface area contributed by atoms with Gasteiger partial charge in [-0.1, -0.05) is 18.2 Å². The Bertz CT molecular complexity index is 420. The fourth-order valence-electron chi connectivity index (χ4n) is 2.58. The monoisotopic (exact) mass is 248 g/mol. The lowest BCUT2D eigenvalue weighted by Gasteiger charge is -2.37. The van der Waals surface area contributed by atoms with Crippen molar-refractivity contribution < 1.29 is 9.90 Å². The van der Waals surface area contributed by atoms with E-state index in [-0.39, 0.29) is 18.6 Å². The van der Waals surface area contributed by atoms with Crippen molar-refractivity contribution in [3.63, 3.8) is 0 Å². The normalized spacial score (nSPS) is 19.7. The van der Waals surface area contributed by atoms with Crippen LogP contribution in [-0.4, -0.2) is 30.6 Å². The summed E-state index contributed by atoms with van der Waals surface area (Å²) in [5.41, 5.74) is 1.86. The van der Waals surface area contributed by atoms with Gasteiger partial charge in [0.25, 0.3) is 0 Å². The van der Waals surface area contributed by atoms with Crippen molar-refractivity contribution in [3.8, 4) is 0 Å². The van der Waals surface area contributed by atoms with Crippen LogP contribution in [0.4, 0.5) is 5.69 Å². The number of aliphatic hydroxyl groups is 1. The van der Waals surface area contributed by atoms with Crippen LogP contribution in [0.15, 0.2) is 24.3 Å². The first-order valence-corrected chi connectivity index (χ1v) is 6.45. The van der Waals surface area contributed by atoms with Gasteiger partial charge in [0.05, 0.1) is 6.61 Å². The topological polar surface area (TPSA) is 52.6 Å². The smallest absolute Gasteiger partial charge is 0.242 e. The molecule has 1 aliphatic rings. The van der Waals surface area contributed by atoms with Gasteiger partial charge >= 0.3 is 0 Å². The highest BCUT2D eigenvalue weighted by Crippen LogP contribution is 2.28. The molecule has 2 rings (SSSR count). The summed E-state index contributed by atoms with van der Waals surface area (Å²) < 4.78 is 0. The van der Waals surface area contributed by atoms with Gasteiger partial charge in [0.2, 0.25) is 5.91 Å². The van der Waals surface area contributed by atoms with Crippen LogP contribution in [0.5, 0.6) is 0 Å². The van der Waals surface area contributed by atoms with E-state index in [4.69, 9.17) is 0 Å². The van der Waals surface area contributed by atoms with Gasteiger partial charge in [-0.25, -0.2) is 0 Å². The molecule has 1 unspecified atom stereocenters. The van der Waals surface area contributed by atoms with Crippen LogP contribution < -0.4 is 10.2 Å². The summed E-state index contributed by atoms with van der Waals surface area (Å²) in [5, 5.41) is 12.1. The molecule has 1 atom stereocenters. The molecule has 1 aromatic carbocycles. The van der Waals surface area contributed by atoms with E-state index in [0.717, 1.165) is 37.1 Å². The SMILES string of the molecule is CNC(=O)C1CCCCN1c1ccccc1CO. The fraction of sp³-hybridized carbons (Fsp3) is 0.500. The number of hydrogen-bond donors (Lipinski definition) is 2. The Hall–Kier alpha value is -1.55. The summed E-state index contributed by atoms with van der Waals surface area (Å²) >= 11 is 0. The third-order valence-corrected chi connectivity index (χ3v) is 3.52. The molecule has 1 aliphatic heterocycles. The molecule has 0 radical (unpaired) electrons. The predicted octanol–water partition coefficient (Wildman–Crippen LogP) is 1.28. The number of para-hydroxylation sites is 1. The molecule has 18 heavy (non-hydrogen) atoms. The number of rotatable bonds is 3. The van der Waals surface area contributed by atoms with Gasteiger partial charge in [-0.3, -0.25) is 4.79 Å². The van der Waals surface area contributed by atoms with Crippen molar-refractivity contribution >= 4 is 11.6 Å². The minimum Gasteiger partial charge on any atom is -0.392 e. The molecule has 0 spiro atoms. The van der Waals surface area contributed by atoms with Crippen LogP contribution in [-0.2, 0) is 11.4 Å². The number of benzene rings is 1. The average Bonchev–Trinajstić information content (AvgIpc) is 2.46. The van der Waals surface area contributed by atoms with Crippen molar-refractivity contribution in [2.24, 2.45) is 0 Å². The number of piperidine rings is 1. The summed E-state index contributed by atoms with van der Waals surface area (Å²) in [7, 11) is 1.67. The second-order valence-corrected chi connectivity index (χ2v) is 4.61. The Morgan fingerprint density at radius 2 is 2.22 bits per heavy atom. The van der Waals surface area contributed by atoms with Gasteiger partial charge in [0.15, 0.2) is 0 Å². The first kappa shape index (κ1) is 12.9. The first-order chi connectivity index (χ1) is 8.77. The molecule has 1 amide bonds. The highest BCUT2D eigenvalue weighted by Gasteiger charge is 2.29. The zero-order valence-corrected chi connectivity index (χ0v) is 10.7. The van der Waals surface area contributed by atoms with Crippen molar-refractivity contribution in [1.29, 1.82) is 0 Å². The van der Waals surface area contributed by atoms with E-state index in [1.165, 1.54) is 0 Å². The molecule has 1 fully saturated rings. The lowest BCUT2D eigenvalue weighted by molar-refractivity contribution is -0.122. The van der Waals surface area contributed by atoms with Crippen molar-refractivity contribution in [1.82, 2.24) is 5.32 Å². The molecule has 2 N–H and O–H groups in total. The maximum atomic E-state index is 11.9. The number of carbonyl (C=O) groups is 1. The Kier molecular flexibility index (Phi) is 4.20. The molecule has 0 bridgehead atoms. The largest absolute Gasteiger partial charge is 0.392 e. The van der Waals surface area contributed by atoms with Crippen LogP contribution in [0, 0.1) is 0 Å². The quantitative estimate of drug-likeness (QED) is 0.847. The molecular formula is C14H20N2O2. The first-order valence-electron chi connectivity index (χ1n) is 6.45. The van der Waals surface area contributed by atoms with E-state index >= 15 is 0 Å². The second kappa shape index (κ2) is 5.87. The molecule has 0 aliphatic carbocycles. The summed E-state index contributed by atoms with van der Waals surface area (Å²) in [6, 6.07) is 7.63. The number of likely N-dealkylation sites (N-methyl/N-ethyl adjacent to an activating group) is 1. The number of anilines is 1. The summed E-state index contributed by atoms with van der Waals surface area (Å²) in [4.78, 5) is 14.1. The van der Waals surface area contributed by atoms with E-state index in [1.807, 2.05) is 24.3 Å². The van der Waals surface area contributed by atoms with E-state index < -0.39 is 0 Å². The van der Waals surface area contributed by atoms with Crippen molar-refractivity contribution in [2.45, 2.75) is 31.9 Å². The van der Waals surface area contributed by atoms with Crippen molar-refractivity contribution in [3.05, 3.63) is 29.8 Å². The minimum absolute atomic E-state index is 0.00708. The molecular weight excluding hydrogens is 228 g/mol. The predicted molar refractivity (Wildman–Crippen MR) is 71.4 cm³/mol. The standard InChI is InChI=1S/C14H20N2O2/c1-15-14(18)13-8-4-5-9-16(13)12-7-3-2-6-11(12)10-17/h2-3,6-7,13,17H,4-5,8-10H2,1H3,(H,15,18). The van der Waals surface area contributed by atoms with Crippen molar-refractivity contribution in [2.75, 3.05) is 18.5 Å². The van der Waals surface area contributed by atoms with Crippen LogP contribution >= 0.6 is 0 Å². The Labute approximate surface area is 108 Å². The average molecular weight is 248 g/mol. The number of aliphatic hydroxyl groups excluding tert-OH is 1. The van der Waals surface area contributed by atoms with Crippen LogP contribution in [0.3, 0.4) is 0 Å². The Balaban J connectivity index is 2.30. The number of carbonyl (C=O) groups excluding carboxylic acids is 1. The third-order valence-electron chi connectivity index (χ3n) is 3.52. The summed E-state index contributed by atoms with van der Waals surface area (Å²) in [6.45, 7) is 0.877. The molecule has 4 heteroatoms. The minimum atomic E-state index is -0.114. The van der Waals surface area contributed by atoms with Gasteiger partial charge in [-0.15, -0.1) is 0 Å². The highest BCUT2D eigenvalue weighted by atomic mass is 16.3. The summed E-state index contributed by atoms with van der Waals surface area (Å²) in [5.74, 6) is 0.0578. The molecule has 98 valence electrons. The van der Waals surface area contributed by atoms with Gasteiger partial charge in [0.1, 0.15) is 6.04 Å². The number of nitrogens with one attached hydrogen (secondary N) is 1. The maximum absolute atomic E-state index is 11.9. The zero-order chi connectivity index (χ0) is 13.0. The molecule has 0 aromatic heterocycles. The molecule has 1 aromatic rings. The molecule has 4 nitrogen and oxygen atoms in total. The van der Waals surface area contributed by atoms with E-state index in [1.54, 1.807) is 7.05 Å². The number of amides is 1. The Morgan fingerprint density at radius 3 is 2.94 bits per heavy atom. The third kappa shape index (κ3) is 2.48. The van der Waals surface area contributed by atoms with Gasteiger partial charge < -0.3 is 15.3 Å². The maximum Gasteiger partial charge on any atom is 0.242 e. The Morgan fingerprint density at radius 1 is 1.44 bits per heavy atom. The van der Waals surface area contributed by atoms with Gasteiger partial charge in [0, 0.05) is 24.8 Å². The van der Waals surface area contributed by atoms with E-state index in [9.17, 15) is 9.90 Å². The van der Waals surface area contributed by atoms with Crippen LogP contribution in [0.25, 0.3) is 0 Å². The highest BCUT2D eigenvalue weighted by molar-refractivity contribution is 5.85.